The van der Waals surface area contributed by atoms with E-state index < -0.39 is 10.0 Å². The van der Waals surface area contributed by atoms with Crippen LogP contribution in [0.3, 0.4) is 0 Å². The zero-order valence-electron chi connectivity index (χ0n) is 16.2. The smallest absolute Gasteiger partial charge is 0.256 e. The first kappa shape index (κ1) is 21.2. The van der Waals surface area contributed by atoms with Crippen LogP contribution in [0, 0.1) is 0 Å². The Labute approximate surface area is 188 Å². The molecule has 0 aliphatic heterocycles. The molecule has 1 aromatic heterocycles. The van der Waals surface area contributed by atoms with Gasteiger partial charge < -0.3 is 5.32 Å². The standard InChI is InChI=1S/C23H18BrN3O3S/c24-17-9-7-16(8-10-17)22-13-20(19-3-1-2-4-21(19)27-22)23(28)26-18-11-5-15(6-12-18)14-31(25,29)30/h1-13H,14H2,(H,26,28)(H2,25,29,30). The number of para-hydroxylation sites is 1. The van der Waals surface area contributed by atoms with E-state index in [0.717, 1.165) is 20.9 Å². The predicted octanol–water partition coefficient (Wildman–Crippen LogP) is 4.71. The zero-order valence-corrected chi connectivity index (χ0v) is 18.7. The van der Waals surface area contributed by atoms with E-state index in [-0.39, 0.29) is 11.7 Å². The van der Waals surface area contributed by atoms with Gasteiger partial charge in [0, 0.05) is 21.1 Å². The third kappa shape index (κ3) is 5.16. The lowest BCUT2D eigenvalue weighted by atomic mass is 10.0. The molecule has 0 unspecified atom stereocenters. The summed E-state index contributed by atoms with van der Waals surface area (Å²) < 4.78 is 23.4. The number of aromatic nitrogens is 1. The van der Waals surface area contributed by atoms with Gasteiger partial charge in [0.05, 0.1) is 22.5 Å². The summed E-state index contributed by atoms with van der Waals surface area (Å²) in [5.74, 6) is -0.539. The van der Waals surface area contributed by atoms with Crippen LogP contribution in [0.2, 0.25) is 0 Å². The number of hydrogen-bond acceptors (Lipinski definition) is 4. The van der Waals surface area contributed by atoms with Crippen molar-refractivity contribution in [3.05, 3.63) is 94.5 Å². The molecule has 0 fully saturated rings. The maximum atomic E-state index is 13.1. The number of halogens is 1. The fourth-order valence-corrected chi connectivity index (χ4v) is 4.17. The second-order valence-electron chi connectivity index (χ2n) is 7.04. The largest absolute Gasteiger partial charge is 0.322 e. The van der Waals surface area contributed by atoms with Gasteiger partial charge in [0.1, 0.15) is 0 Å². The van der Waals surface area contributed by atoms with Crippen molar-refractivity contribution in [1.82, 2.24) is 4.98 Å². The number of amides is 1. The Hall–Kier alpha value is -3.07. The summed E-state index contributed by atoms with van der Waals surface area (Å²) in [6.07, 6.45) is 0. The molecule has 8 heteroatoms. The van der Waals surface area contributed by atoms with Gasteiger partial charge in [0.25, 0.3) is 5.91 Å². The number of nitrogens with one attached hydrogen (secondary N) is 1. The van der Waals surface area contributed by atoms with Gasteiger partial charge in [-0.3, -0.25) is 4.79 Å². The topological polar surface area (TPSA) is 102 Å². The number of carbonyl (C=O) groups is 1. The van der Waals surface area contributed by atoms with E-state index >= 15 is 0 Å². The van der Waals surface area contributed by atoms with E-state index in [2.05, 4.69) is 21.2 Å². The maximum Gasteiger partial charge on any atom is 0.256 e. The molecule has 3 aromatic carbocycles. The van der Waals surface area contributed by atoms with Crippen LogP contribution < -0.4 is 10.5 Å². The fraction of sp³-hybridized carbons (Fsp3) is 0.0435. The minimum Gasteiger partial charge on any atom is -0.322 e. The molecule has 0 aliphatic rings. The molecule has 3 N–H and O–H groups in total. The van der Waals surface area contributed by atoms with Gasteiger partial charge in [-0.2, -0.15) is 0 Å². The molecule has 6 nitrogen and oxygen atoms in total. The van der Waals surface area contributed by atoms with E-state index in [1.807, 2.05) is 48.5 Å². The average molecular weight is 496 g/mol. The summed E-state index contributed by atoms with van der Waals surface area (Å²) in [5.41, 5.74) is 3.91. The lowest BCUT2D eigenvalue weighted by molar-refractivity contribution is 0.102. The molecule has 1 heterocycles. The maximum absolute atomic E-state index is 13.1. The molecule has 0 saturated carbocycles. The van der Waals surface area contributed by atoms with Crippen molar-refractivity contribution in [2.45, 2.75) is 5.75 Å². The van der Waals surface area contributed by atoms with Crippen molar-refractivity contribution in [2.75, 3.05) is 5.32 Å². The van der Waals surface area contributed by atoms with Gasteiger partial charge in [-0.05, 0) is 42.0 Å². The molecular formula is C23H18BrN3O3S. The number of rotatable bonds is 5. The van der Waals surface area contributed by atoms with E-state index in [1.165, 1.54) is 0 Å². The highest BCUT2D eigenvalue weighted by molar-refractivity contribution is 9.10. The number of hydrogen-bond donors (Lipinski definition) is 2. The summed E-state index contributed by atoms with van der Waals surface area (Å²) >= 11 is 3.43. The van der Waals surface area contributed by atoms with Gasteiger partial charge in [-0.1, -0.05) is 58.4 Å². The molecular weight excluding hydrogens is 478 g/mol. The number of anilines is 1. The van der Waals surface area contributed by atoms with Crippen molar-refractivity contribution in [3.63, 3.8) is 0 Å². The number of pyridine rings is 1. The number of fused-ring (bicyclic) bond motifs is 1. The third-order valence-electron chi connectivity index (χ3n) is 4.68. The van der Waals surface area contributed by atoms with Gasteiger partial charge in [0.2, 0.25) is 10.0 Å². The quantitative estimate of drug-likeness (QED) is 0.418. The first-order valence-electron chi connectivity index (χ1n) is 9.35. The highest BCUT2D eigenvalue weighted by Crippen LogP contribution is 2.26. The van der Waals surface area contributed by atoms with Crippen LogP contribution in [-0.4, -0.2) is 19.3 Å². The number of sulfonamides is 1. The molecule has 1 amide bonds. The molecule has 0 aliphatic carbocycles. The number of nitrogens with two attached hydrogens (primary N) is 1. The average Bonchev–Trinajstić information content (AvgIpc) is 2.74. The minimum atomic E-state index is -3.61. The van der Waals surface area contributed by atoms with E-state index in [9.17, 15) is 13.2 Å². The predicted molar refractivity (Wildman–Crippen MR) is 126 cm³/mol. The Bertz CT molecular complexity index is 1370. The van der Waals surface area contributed by atoms with Crippen molar-refractivity contribution >= 4 is 48.5 Å². The van der Waals surface area contributed by atoms with Crippen molar-refractivity contribution in [2.24, 2.45) is 5.14 Å². The summed E-state index contributed by atoms with van der Waals surface area (Å²) in [6, 6.07) is 23.5. The Balaban J connectivity index is 1.68. The number of nitrogens with zero attached hydrogens (tertiary/aromatic N) is 1. The monoisotopic (exact) mass is 495 g/mol. The second kappa shape index (κ2) is 8.58. The number of benzene rings is 3. The molecule has 4 rings (SSSR count). The number of primary sulfonamides is 1. The molecule has 4 aromatic rings. The van der Waals surface area contributed by atoms with Crippen LogP contribution in [0.4, 0.5) is 5.69 Å². The van der Waals surface area contributed by atoms with Crippen LogP contribution in [-0.2, 0) is 15.8 Å². The molecule has 0 saturated heterocycles. The summed E-state index contributed by atoms with van der Waals surface area (Å²) in [4.78, 5) is 17.8. The molecule has 31 heavy (non-hydrogen) atoms. The Morgan fingerprint density at radius 1 is 0.968 bits per heavy atom. The van der Waals surface area contributed by atoms with Gasteiger partial charge in [-0.25, -0.2) is 18.5 Å². The summed E-state index contributed by atoms with van der Waals surface area (Å²) in [7, 11) is -3.61. The van der Waals surface area contributed by atoms with Crippen molar-refractivity contribution in [3.8, 4) is 11.3 Å². The summed E-state index contributed by atoms with van der Waals surface area (Å²) in [5, 5.41) is 8.70. The number of carbonyl (C=O) groups excluding carboxylic acids is 1. The SMILES string of the molecule is NS(=O)(=O)Cc1ccc(NC(=O)c2cc(-c3ccc(Br)cc3)nc3ccccc23)cc1. The Morgan fingerprint density at radius 2 is 1.65 bits per heavy atom. The minimum absolute atomic E-state index is 0.257. The molecule has 0 atom stereocenters. The fourth-order valence-electron chi connectivity index (χ4n) is 3.25. The molecule has 0 bridgehead atoms. The molecule has 0 spiro atoms. The van der Waals surface area contributed by atoms with Crippen molar-refractivity contribution < 1.29 is 13.2 Å². The van der Waals surface area contributed by atoms with E-state index in [1.54, 1.807) is 30.3 Å². The lowest BCUT2D eigenvalue weighted by Gasteiger charge is -2.11. The zero-order chi connectivity index (χ0) is 22.0. The third-order valence-corrected chi connectivity index (χ3v) is 5.94. The highest BCUT2D eigenvalue weighted by Gasteiger charge is 2.14. The van der Waals surface area contributed by atoms with Crippen LogP contribution >= 0.6 is 15.9 Å². The lowest BCUT2D eigenvalue weighted by Crippen LogP contribution is -2.15. The first-order chi connectivity index (χ1) is 14.8. The van der Waals surface area contributed by atoms with Gasteiger partial charge >= 0.3 is 0 Å². The second-order valence-corrected chi connectivity index (χ2v) is 9.57. The van der Waals surface area contributed by atoms with Gasteiger partial charge in [0.15, 0.2) is 0 Å². The van der Waals surface area contributed by atoms with Crippen molar-refractivity contribution in [1.29, 1.82) is 0 Å². The van der Waals surface area contributed by atoms with Gasteiger partial charge in [-0.15, -0.1) is 0 Å². The van der Waals surface area contributed by atoms with E-state index in [0.29, 0.717) is 22.5 Å². The van der Waals surface area contributed by atoms with Crippen LogP contribution in [0.25, 0.3) is 22.2 Å². The van der Waals surface area contributed by atoms with E-state index in [4.69, 9.17) is 10.1 Å². The Morgan fingerprint density at radius 3 is 2.32 bits per heavy atom. The van der Waals surface area contributed by atoms with Crippen LogP contribution in [0.15, 0.2) is 83.3 Å². The van der Waals surface area contributed by atoms with Crippen LogP contribution in [0.1, 0.15) is 15.9 Å². The van der Waals surface area contributed by atoms with Crippen LogP contribution in [0.5, 0.6) is 0 Å². The summed E-state index contributed by atoms with van der Waals surface area (Å²) in [6.45, 7) is 0. The normalized spacial score (nSPS) is 11.4. The molecule has 0 radical (unpaired) electrons. The molecule has 156 valence electrons. The Kier molecular flexibility index (Phi) is 5.86. The first-order valence-corrected chi connectivity index (χ1v) is 11.9. The highest BCUT2D eigenvalue weighted by atomic mass is 79.9.